The van der Waals surface area contributed by atoms with E-state index in [1.165, 1.54) is 18.9 Å². The fourth-order valence-corrected chi connectivity index (χ4v) is 2.11. The predicted molar refractivity (Wildman–Crippen MR) is 67.8 cm³/mol. The summed E-state index contributed by atoms with van der Waals surface area (Å²) in [5, 5.41) is 4.52. The predicted octanol–water partition coefficient (Wildman–Crippen LogP) is 3.54. The van der Waals surface area contributed by atoms with E-state index < -0.39 is 0 Å². The Bertz CT molecular complexity index is 570. The second-order valence-corrected chi connectivity index (χ2v) is 5.11. The van der Waals surface area contributed by atoms with Gasteiger partial charge in [0.2, 0.25) is 0 Å². The van der Waals surface area contributed by atoms with E-state index in [0.29, 0.717) is 17.3 Å². The van der Waals surface area contributed by atoms with E-state index in [-0.39, 0.29) is 11.9 Å². The summed E-state index contributed by atoms with van der Waals surface area (Å²) < 4.78 is 15.7. The highest BCUT2D eigenvalue weighted by atomic mass is 19.1. The van der Waals surface area contributed by atoms with Crippen molar-refractivity contribution in [3.05, 3.63) is 35.9 Å². The van der Waals surface area contributed by atoms with Crippen LogP contribution in [-0.2, 0) is 0 Å². The van der Waals surface area contributed by atoms with Gasteiger partial charge in [-0.1, -0.05) is 0 Å². The van der Waals surface area contributed by atoms with Crippen molar-refractivity contribution in [2.24, 2.45) is 0 Å². The average molecular weight is 245 g/mol. The average Bonchev–Trinajstić information content (AvgIpc) is 3.09. The number of hydrogen-bond donors (Lipinski definition) is 0. The molecule has 0 bridgehead atoms. The molecule has 1 saturated carbocycles. The van der Waals surface area contributed by atoms with Crippen molar-refractivity contribution in [1.29, 1.82) is 0 Å². The molecular formula is C14H16FN3. The van der Waals surface area contributed by atoms with Crippen molar-refractivity contribution in [3.8, 4) is 11.4 Å². The third-order valence-corrected chi connectivity index (χ3v) is 3.29. The molecule has 0 radical (unpaired) electrons. The Morgan fingerprint density at radius 2 is 2.11 bits per heavy atom. The summed E-state index contributed by atoms with van der Waals surface area (Å²) in [5.74, 6) is 0.238. The van der Waals surface area contributed by atoms with Crippen molar-refractivity contribution in [1.82, 2.24) is 14.8 Å². The first kappa shape index (κ1) is 11.4. The molecule has 2 aromatic rings. The molecule has 2 heterocycles. The molecule has 0 saturated heterocycles. The number of hydrogen-bond acceptors (Lipinski definition) is 2. The largest absolute Gasteiger partial charge is 0.269 e. The topological polar surface area (TPSA) is 30.7 Å². The molecule has 0 atom stereocenters. The second-order valence-electron chi connectivity index (χ2n) is 5.11. The van der Waals surface area contributed by atoms with Crippen LogP contribution in [0.1, 0.15) is 44.2 Å². The normalized spacial score (nSPS) is 15.3. The zero-order valence-corrected chi connectivity index (χ0v) is 10.6. The second kappa shape index (κ2) is 4.19. The molecule has 1 fully saturated rings. The van der Waals surface area contributed by atoms with Gasteiger partial charge in [-0.05, 0) is 44.7 Å². The van der Waals surface area contributed by atoms with Crippen molar-refractivity contribution in [2.75, 3.05) is 0 Å². The molecule has 0 aliphatic heterocycles. The highest BCUT2D eigenvalue weighted by Gasteiger charge is 2.30. The minimum Gasteiger partial charge on any atom is -0.269 e. The summed E-state index contributed by atoms with van der Waals surface area (Å²) in [4.78, 5) is 4.14. The van der Waals surface area contributed by atoms with Gasteiger partial charge in [-0.25, -0.2) is 4.39 Å². The van der Waals surface area contributed by atoms with Gasteiger partial charge >= 0.3 is 0 Å². The van der Waals surface area contributed by atoms with Gasteiger partial charge in [0.05, 0.1) is 0 Å². The Balaban J connectivity index is 2.13. The highest BCUT2D eigenvalue weighted by molar-refractivity contribution is 5.60. The molecule has 0 amide bonds. The van der Waals surface area contributed by atoms with Crippen molar-refractivity contribution < 1.29 is 4.39 Å². The summed E-state index contributed by atoms with van der Waals surface area (Å²) >= 11 is 0. The summed E-state index contributed by atoms with van der Waals surface area (Å²) in [5.41, 5.74) is 2.23. The number of halogens is 1. The maximum atomic E-state index is 13.8. The molecule has 94 valence electrons. The molecule has 0 unspecified atom stereocenters. The third kappa shape index (κ3) is 1.92. The first-order chi connectivity index (χ1) is 8.66. The van der Waals surface area contributed by atoms with E-state index in [0.717, 1.165) is 5.56 Å². The Morgan fingerprint density at radius 3 is 2.72 bits per heavy atom. The van der Waals surface area contributed by atoms with Gasteiger partial charge in [-0.3, -0.25) is 9.67 Å². The first-order valence-electron chi connectivity index (χ1n) is 6.36. The van der Waals surface area contributed by atoms with Crippen LogP contribution in [0, 0.1) is 5.82 Å². The lowest BCUT2D eigenvalue weighted by molar-refractivity contribution is 0.532. The molecule has 3 nitrogen and oxygen atoms in total. The Morgan fingerprint density at radius 1 is 1.33 bits per heavy atom. The summed E-state index contributed by atoms with van der Waals surface area (Å²) in [6.45, 7) is 4.14. The van der Waals surface area contributed by atoms with E-state index in [9.17, 15) is 4.39 Å². The molecule has 3 rings (SSSR count). The van der Waals surface area contributed by atoms with Gasteiger partial charge in [0.25, 0.3) is 0 Å². The van der Waals surface area contributed by atoms with Gasteiger partial charge in [-0.15, -0.1) is 0 Å². The monoisotopic (exact) mass is 245 g/mol. The fourth-order valence-electron chi connectivity index (χ4n) is 2.11. The van der Waals surface area contributed by atoms with Crippen LogP contribution in [0.25, 0.3) is 11.4 Å². The standard InChI is InChI=1S/C14H16FN3/c1-9(2)18-8-11(10-5-6-10)13(17-18)14-12(15)4-3-7-16-14/h3-4,7-10H,5-6H2,1-2H3. The SMILES string of the molecule is CC(C)n1cc(C2CC2)c(-c2ncccc2F)n1. The van der Waals surface area contributed by atoms with Gasteiger partial charge < -0.3 is 0 Å². The van der Waals surface area contributed by atoms with Gasteiger partial charge in [-0.2, -0.15) is 5.10 Å². The van der Waals surface area contributed by atoms with Crippen LogP contribution in [0.3, 0.4) is 0 Å². The van der Waals surface area contributed by atoms with Crippen LogP contribution in [0.4, 0.5) is 4.39 Å². The van der Waals surface area contributed by atoms with E-state index >= 15 is 0 Å². The lowest BCUT2D eigenvalue weighted by Gasteiger charge is -2.03. The Hall–Kier alpha value is -1.71. The summed E-state index contributed by atoms with van der Waals surface area (Å²) in [7, 11) is 0. The lowest BCUT2D eigenvalue weighted by Crippen LogP contribution is -2.01. The number of rotatable bonds is 3. The van der Waals surface area contributed by atoms with E-state index in [1.807, 2.05) is 10.9 Å². The van der Waals surface area contributed by atoms with E-state index in [4.69, 9.17) is 0 Å². The van der Waals surface area contributed by atoms with Gasteiger partial charge in [0.1, 0.15) is 11.4 Å². The smallest absolute Gasteiger partial charge is 0.151 e. The maximum absolute atomic E-state index is 13.8. The van der Waals surface area contributed by atoms with Crippen LogP contribution in [0.5, 0.6) is 0 Å². The van der Waals surface area contributed by atoms with Crippen LogP contribution in [0.2, 0.25) is 0 Å². The third-order valence-electron chi connectivity index (χ3n) is 3.29. The quantitative estimate of drug-likeness (QED) is 0.828. The minimum atomic E-state index is -0.298. The van der Waals surface area contributed by atoms with Crippen molar-refractivity contribution in [3.63, 3.8) is 0 Å². The minimum absolute atomic E-state index is 0.281. The molecule has 0 spiro atoms. The number of nitrogens with zero attached hydrogens (tertiary/aromatic N) is 3. The Labute approximate surface area is 106 Å². The molecule has 0 aromatic carbocycles. The highest BCUT2D eigenvalue weighted by Crippen LogP contribution is 2.44. The molecule has 0 N–H and O–H groups in total. The first-order valence-corrected chi connectivity index (χ1v) is 6.36. The van der Waals surface area contributed by atoms with Crippen molar-refractivity contribution in [2.45, 2.75) is 38.6 Å². The fraction of sp³-hybridized carbons (Fsp3) is 0.429. The zero-order valence-electron chi connectivity index (χ0n) is 10.6. The van der Waals surface area contributed by atoms with Gasteiger partial charge in [0, 0.05) is 24.0 Å². The maximum Gasteiger partial charge on any atom is 0.151 e. The van der Waals surface area contributed by atoms with Crippen LogP contribution in [-0.4, -0.2) is 14.8 Å². The molecule has 1 aliphatic rings. The van der Waals surface area contributed by atoms with Crippen molar-refractivity contribution >= 4 is 0 Å². The Kier molecular flexibility index (Phi) is 2.65. The molecule has 4 heteroatoms. The molecule has 2 aromatic heterocycles. The van der Waals surface area contributed by atoms with Gasteiger partial charge in [0.15, 0.2) is 5.82 Å². The lowest BCUT2D eigenvalue weighted by atomic mass is 10.1. The molecule has 1 aliphatic carbocycles. The number of aromatic nitrogens is 3. The van der Waals surface area contributed by atoms with Crippen LogP contribution < -0.4 is 0 Å². The van der Waals surface area contributed by atoms with Crippen LogP contribution >= 0.6 is 0 Å². The zero-order chi connectivity index (χ0) is 12.7. The molecule has 18 heavy (non-hydrogen) atoms. The summed E-state index contributed by atoms with van der Waals surface area (Å²) in [6, 6.07) is 3.32. The van der Waals surface area contributed by atoms with E-state index in [1.54, 1.807) is 12.3 Å². The molecular weight excluding hydrogens is 229 g/mol. The number of pyridine rings is 1. The van der Waals surface area contributed by atoms with Crippen LogP contribution in [0.15, 0.2) is 24.5 Å². The summed E-state index contributed by atoms with van der Waals surface area (Å²) in [6.07, 6.45) is 6.01. The van der Waals surface area contributed by atoms with E-state index in [2.05, 4.69) is 23.9 Å².